The minimum absolute atomic E-state index is 0. The molecule has 0 unspecified atom stereocenters. The zero-order chi connectivity index (χ0) is 11.9. The van der Waals surface area contributed by atoms with Gasteiger partial charge >= 0.3 is 29.6 Å². The fourth-order valence-corrected chi connectivity index (χ4v) is 1.96. The van der Waals surface area contributed by atoms with Crippen molar-refractivity contribution >= 4 is 0 Å². The van der Waals surface area contributed by atoms with Gasteiger partial charge in [-0.1, -0.05) is 71.6 Å². The number of nitrogens with one attached hydrogen (secondary N) is 1. The van der Waals surface area contributed by atoms with Gasteiger partial charge in [0.05, 0.1) is 0 Å². The van der Waals surface area contributed by atoms with Gasteiger partial charge in [0.25, 0.3) is 0 Å². The summed E-state index contributed by atoms with van der Waals surface area (Å²) in [6.45, 7) is 7.79. The van der Waals surface area contributed by atoms with E-state index in [4.69, 9.17) is 0 Å². The average molecular weight is 249 g/mol. The molecular weight excluding hydrogens is 217 g/mol. The Balaban J connectivity index is 0. The van der Waals surface area contributed by atoms with Crippen molar-refractivity contribution in [2.45, 2.75) is 84.5 Å². The molecule has 0 aliphatic heterocycles. The van der Waals surface area contributed by atoms with Gasteiger partial charge in [-0.15, -0.1) is 0 Å². The Bertz CT molecular complexity index is 103. The fraction of sp³-hybridized carbons (Fsp3) is 0.933. The Hall–Kier alpha value is 0.960. The van der Waals surface area contributed by atoms with Crippen LogP contribution in [-0.2, 0) is 0 Å². The van der Waals surface area contributed by atoms with E-state index < -0.39 is 0 Å². The Morgan fingerprint density at radius 3 is 1.65 bits per heavy atom. The van der Waals surface area contributed by atoms with Crippen molar-refractivity contribution < 1.29 is 29.6 Å². The minimum Gasteiger partial charge on any atom is -0.470 e. The third-order valence-electron chi connectivity index (χ3n) is 3.02. The van der Waals surface area contributed by atoms with Gasteiger partial charge in [-0.05, 0) is 13.0 Å². The SMILES string of the molecule is CC[CH-]NCCCCCCCCCCCC.[Na+]. The number of hydrogen-bond donors (Lipinski definition) is 1. The van der Waals surface area contributed by atoms with Gasteiger partial charge in [-0.25, -0.2) is 0 Å². The first kappa shape index (κ1) is 20.3. The molecule has 0 aromatic rings. The predicted octanol–water partition coefficient (Wildman–Crippen LogP) is 2.07. The molecule has 0 aromatic carbocycles. The number of rotatable bonds is 13. The van der Waals surface area contributed by atoms with Crippen LogP contribution in [-0.4, -0.2) is 6.54 Å². The summed E-state index contributed by atoms with van der Waals surface area (Å²) in [6, 6.07) is 0. The normalized spacial score (nSPS) is 10.2. The van der Waals surface area contributed by atoms with E-state index in [1.807, 2.05) is 0 Å². The first-order valence-corrected chi connectivity index (χ1v) is 7.46. The van der Waals surface area contributed by atoms with Gasteiger partial charge in [0.15, 0.2) is 0 Å². The molecule has 0 spiro atoms. The van der Waals surface area contributed by atoms with Crippen LogP contribution >= 0.6 is 0 Å². The molecular formula is C15H32NNa. The molecule has 0 heterocycles. The zero-order valence-electron chi connectivity index (χ0n) is 12.6. The first-order chi connectivity index (χ1) is 7.91. The summed E-state index contributed by atoms with van der Waals surface area (Å²) in [6.07, 6.45) is 15.4. The van der Waals surface area contributed by atoms with Crippen LogP contribution in [0.3, 0.4) is 0 Å². The smallest absolute Gasteiger partial charge is 0.470 e. The molecule has 0 saturated carbocycles. The van der Waals surface area contributed by atoms with Crippen LogP contribution in [0.5, 0.6) is 0 Å². The maximum Gasteiger partial charge on any atom is 1.00 e. The predicted molar refractivity (Wildman–Crippen MR) is 74.4 cm³/mol. The Morgan fingerprint density at radius 1 is 0.706 bits per heavy atom. The van der Waals surface area contributed by atoms with Crippen molar-refractivity contribution in [3.05, 3.63) is 6.54 Å². The Kier molecular flexibility index (Phi) is 23.0. The Morgan fingerprint density at radius 2 is 1.18 bits per heavy atom. The van der Waals surface area contributed by atoms with Gasteiger partial charge in [0, 0.05) is 0 Å². The average Bonchev–Trinajstić information content (AvgIpc) is 2.31. The molecule has 0 radical (unpaired) electrons. The molecule has 0 rings (SSSR count). The van der Waals surface area contributed by atoms with E-state index in [1.54, 1.807) is 0 Å². The molecule has 0 saturated heterocycles. The van der Waals surface area contributed by atoms with Crippen LogP contribution < -0.4 is 34.9 Å². The van der Waals surface area contributed by atoms with Crippen molar-refractivity contribution in [1.29, 1.82) is 0 Å². The largest absolute Gasteiger partial charge is 1.00 e. The van der Waals surface area contributed by atoms with Crippen molar-refractivity contribution in [1.82, 2.24) is 5.32 Å². The van der Waals surface area contributed by atoms with E-state index in [-0.39, 0.29) is 29.6 Å². The van der Waals surface area contributed by atoms with E-state index in [2.05, 4.69) is 25.7 Å². The van der Waals surface area contributed by atoms with E-state index in [0.29, 0.717) is 0 Å². The maximum atomic E-state index is 3.34. The van der Waals surface area contributed by atoms with Gasteiger partial charge < -0.3 is 5.32 Å². The van der Waals surface area contributed by atoms with Crippen LogP contribution in [0.15, 0.2) is 0 Å². The van der Waals surface area contributed by atoms with Gasteiger partial charge in [-0.2, -0.15) is 6.42 Å². The quantitative estimate of drug-likeness (QED) is 0.299. The van der Waals surface area contributed by atoms with E-state index >= 15 is 0 Å². The number of hydrogen-bond acceptors (Lipinski definition) is 1. The first-order valence-electron chi connectivity index (χ1n) is 7.46. The molecule has 98 valence electrons. The molecule has 0 aliphatic rings. The molecule has 0 fully saturated rings. The van der Waals surface area contributed by atoms with Crippen LogP contribution in [0.2, 0.25) is 0 Å². The fourth-order valence-electron chi connectivity index (χ4n) is 1.96. The molecule has 17 heavy (non-hydrogen) atoms. The van der Waals surface area contributed by atoms with Crippen LogP contribution in [0.1, 0.15) is 84.5 Å². The summed E-state index contributed by atoms with van der Waals surface area (Å²) in [5.41, 5.74) is 0. The molecule has 0 bridgehead atoms. The summed E-state index contributed by atoms with van der Waals surface area (Å²) >= 11 is 0. The van der Waals surface area contributed by atoms with E-state index in [9.17, 15) is 0 Å². The monoisotopic (exact) mass is 249 g/mol. The maximum absolute atomic E-state index is 3.34. The minimum atomic E-state index is 0. The van der Waals surface area contributed by atoms with E-state index in [0.717, 1.165) is 6.42 Å². The summed E-state index contributed by atoms with van der Waals surface area (Å²) in [4.78, 5) is 0. The van der Waals surface area contributed by atoms with Gasteiger partial charge in [0.2, 0.25) is 0 Å². The van der Waals surface area contributed by atoms with Crippen LogP contribution in [0.4, 0.5) is 0 Å². The molecule has 0 aliphatic carbocycles. The third kappa shape index (κ3) is 19.5. The second kappa shape index (κ2) is 19.3. The molecule has 1 nitrogen and oxygen atoms in total. The summed E-state index contributed by atoms with van der Waals surface area (Å²) in [5, 5.41) is 3.34. The second-order valence-corrected chi connectivity index (χ2v) is 4.75. The molecule has 1 N–H and O–H groups in total. The van der Waals surface area contributed by atoms with Gasteiger partial charge in [0.1, 0.15) is 0 Å². The van der Waals surface area contributed by atoms with Crippen LogP contribution in [0, 0.1) is 6.54 Å². The molecule has 0 amide bonds. The third-order valence-corrected chi connectivity index (χ3v) is 3.02. The topological polar surface area (TPSA) is 12.0 Å². The zero-order valence-corrected chi connectivity index (χ0v) is 14.6. The van der Waals surface area contributed by atoms with E-state index in [1.165, 1.54) is 70.8 Å². The molecule has 2 heteroatoms. The standard InChI is InChI=1S/C15H32N.Na/c1-3-5-6-7-8-9-10-11-12-13-15-16-14-4-2;/h14,16H,3-13,15H2,1-2H3;/q-1;+1. The Labute approximate surface area is 132 Å². The van der Waals surface area contributed by atoms with Crippen molar-refractivity contribution in [3.63, 3.8) is 0 Å². The summed E-state index contributed by atoms with van der Waals surface area (Å²) in [7, 11) is 0. The summed E-state index contributed by atoms with van der Waals surface area (Å²) in [5.74, 6) is 0. The van der Waals surface area contributed by atoms with Crippen LogP contribution in [0.25, 0.3) is 0 Å². The molecule has 0 atom stereocenters. The number of unbranched alkanes of at least 4 members (excludes halogenated alkanes) is 9. The van der Waals surface area contributed by atoms with Crippen molar-refractivity contribution in [2.75, 3.05) is 6.54 Å². The second-order valence-electron chi connectivity index (χ2n) is 4.75. The summed E-state index contributed by atoms with van der Waals surface area (Å²) < 4.78 is 0. The molecule has 0 aromatic heterocycles. The van der Waals surface area contributed by atoms with Crippen molar-refractivity contribution in [3.8, 4) is 0 Å². The van der Waals surface area contributed by atoms with Gasteiger partial charge in [-0.3, -0.25) is 6.54 Å². The van der Waals surface area contributed by atoms with Crippen molar-refractivity contribution in [2.24, 2.45) is 0 Å².